The second kappa shape index (κ2) is 4.82. The van der Waals surface area contributed by atoms with E-state index < -0.39 is 0 Å². The van der Waals surface area contributed by atoms with Gasteiger partial charge < -0.3 is 10.8 Å². The molecule has 0 saturated heterocycles. The van der Waals surface area contributed by atoms with Gasteiger partial charge in [-0.2, -0.15) is 0 Å². The van der Waals surface area contributed by atoms with Gasteiger partial charge in [0.05, 0.1) is 10.0 Å². The van der Waals surface area contributed by atoms with E-state index >= 15 is 0 Å². The van der Waals surface area contributed by atoms with Crippen LogP contribution in [0, 0.1) is 0 Å². The summed E-state index contributed by atoms with van der Waals surface area (Å²) in [4.78, 5) is 3.98. The summed E-state index contributed by atoms with van der Waals surface area (Å²) < 4.78 is 0. The van der Waals surface area contributed by atoms with Crippen LogP contribution < -0.4 is 5.73 Å². The molecule has 0 radical (unpaired) electrons. The SMILES string of the molecule is Nc1ccc(Cc2cc(Cl)c(Cl)cc2O)cn1. The summed E-state index contributed by atoms with van der Waals surface area (Å²) in [5, 5.41) is 10.5. The van der Waals surface area contributed by atoms with Crippen molar-refractivity contribution in [3.63, 3.8) is 0 Å². The van der Waals surface area contributed by atoms with E-state index in [4.69, 9.17) is 28.9 Å². The highest BCUT2D eigenvalue weighted by atomic mass is 35.5. The number of aromatic hydroxyl groups is 1. The summed E-state index contributed by atoms with van der Waals surface area (Å²) in [5.41, 5.74) is 7.13. The summed E-state index contributed by atoms with van der Waals surface area (Å²) >= 11 is 11.7. The Bertz CT molecular complexity index is 541. The average molecular weight is 269 g/mol. The monoisotopic (exact) mass is 268 g/mol. The zero-order chi connectivity index (χ0) is 12.4. The molecule has 0 aliphatic heterocycles. The number of phenols is 1. The second-order valence-electron chi connectivity index (χ2n) is 3.66. The molecule has 0 fully saturated rings. The van der Waals surface area contributed by atoms with Gasteiger partial charge in [-0.15, -0.1) is 0 Å². The van der Waals surface area contributed by atoms with Crippen molar-refractivity contribution < 1.29 is 5.11 Å². The quantitative estimate of drug-likeness (QED) is 0.879. The summed E-state index contributed by atoms with van der Waals surface area (Å²) in [6, 6.07) is 6.65. The molecule has 17 heavy (non-hydrogen) atoms. The molecule has 1 aromatic carbocycles. The maximum atomic E-state index is 9.74. The van der Waals surface area contributed by atoms with Crippen molar-refractivity contribution in [3.05, 3.63) is 51.6 Å². The summed E-state index contributed by atoms with van der Waals surface area (Å²) in [6.07, 6.45) is 2.19. The van der Waals surface area contributed by atoms with Gasteiger partial charge in [-0.25, -0.2) is 4.98 Å². The average Bonchev–Trinajstić information content (AvgIpc) is 2.29. The molecule has 0 spiro atoms. The van der Waals surface area contributed by atoms with E-state index in [1.54, 1.807) is 18.3 Å². The van der Waals surface area contributed by atoms with Crippen LogP contribution in [0.15, 0.2) is 30.5 Å². The molecule has 3 nitrogen and oxygen atoms in total. The van der Waals surface area contributed by atoms with Gasteiger partial charge in [0.25, 0.3) is 0 Å². The number of anilines is 1. The lowest BCUT2D eigenvalue weighted by molar-refractivity contribution is 0.469. The lowest BCUT2D eigenvalue weighted by Gasteiger charge is -2.06. The van der Waals surface area contributed by atoms with Crippen LogP contribution in [-0.4, -0.2) is 10.1 Å². The zero-order valence-electron chi connectivity index (χ0n) is 8.82. The van der Waals surface area contributed by atoms with Crippen molar-refractivity contribution in [2.24, 2.45) is 0 Å². The van der Waals surface area contributed by atoms with Crippen molar-refractivity contribution in [2.45, 2.75) is 6.42 Å². The molecular weight excluding hydrogens is 259 g/mol. The number of halogens is 2. The number of phenolic OH excluding ortho intramolecular Hbond substituents is 1. The van der Waals surface area contributed by atoms with Gasteiger partial charge in [0, 0.05) is 18.7 Å². The first-order chi connectivity index (χ1) is 8.06. The molecule has 1 heterocycles. The third kappa shape index (κ3) is 2.81. The number of nitrogens with two attached hydrogens (primary N) is 1. The molecule has 3 N–H and O–H groups in total. The molecule has 0 aliphatic rings. The Kier molecular flexibility index (Phi) is 3.41. The molecule has 0 atom stereocenters. The van der Waals surface area contributed by atoms with Gasteiger partial charge in [0.15, 0.2) is 0 Å². The van der Waals surface area contributed by atoms with Crippen LogP contribution in [0.2, 0.25) is 10.0 Å². The first-order valence-corrected chi connectivity index (χ1v) is 5.69. The van der Waals surface area contributed by atoms with Crippen molar-refractivity contribution in [1.29, 1.82) is 0 Å². The normalized spacial score (nSPS) is 10.5. The van der Waals surface area contributed by atoms with E-state index in [2.05, 4.69) is 4.98 Å². The molecule has 1 aromatic heterocycles. The van der Waals surface area contributed by atoms with Crippen molar-refractivity contribution in [1.82, 2.24) is 4.98 Å². The Hall–Kier alpha value is -1.45. The van der Waals surface area contributed by atoms with E-state index in [0.717, 1.165) is 5.56 Å². The van der Waals surface area contributed by atoms with Gasteiger partial charge in [-0.1, -0.05) is 29.3 Å². The van der Waals surface area contributed by atoms with Gasteiger partial charge in [0.1, 0.15) is 11.6 Å². The minimum Gasteiger partial charge on any atom is -0.508 e. The van der Waals surface area contributed by atoms with Gasteiger partial charge in [-0.3, -0.25) is 0 Å². The van der Waals surface area contributed by atoms with Crippen LogP contribution in [0.4, 0.5) is 5.82 Å². The molecule has 2 aromatic rings. The Morgan fingerprint density at radius 3 is 2.53 bits per heavy atom. The number of hydrogen-bond donors (Lipinski definition) is 2. The summed E-state index contributed by atoms with van der Waals surface area (Å²) in [6.45, 7) is 0. The van der Waals surface area contributed by atoms with Crippen LogP contribution >= 0.6 is 23.2 Å². The lowest BCUT2D eigenvalue weighted by atomic mass is 10.1. The fourth-order valence-electron chi connectivity index (χ4n) is 1.48. The van der Waals surface area contributed by atoms with Crippen molar-refractivity contribution in [3.8, 4) is 5.75 Å². The first kappa shape index (κ1) is 12.0. The maximum absolute atomic E-state index is 9.74. The molecule has 0 amide bonds. The highest BCUT2D eigenvalue weighted by molar-refractivity contribution is 6.42. The Labute approximate surface area is 109 Å². The van der Waals surface area contributed by atoms with E-state index in [1.807, 2.05) is 6.07 Å². The van der Waals surface area contributed by atoms with Crippen LogP contribution in [0.5, 0.6) is 5.75 Å². The first-order valence-electron chi connectivity index (χ1n) is 4.93. The minimum atomic E-state index is 0.122. The summed E-state index contributed by atoms with van der Waals surface area (Å²) in [7, 11) is 0. The van der Waals surface area contributed by atoms with E-state index in [1.165, 1.54) is 6.07 Å². The van der Waals surface area contributed by atoms with Gasteiger partial charge in [-0.05, 0) is 23.3 Å². The smallest absolute Gasteiger partial charge is 0.123 e. The number of rotatable bonds is 2. The van der Waals surface area contributed by atoms with E-state index in [0.29, 0.717) is 27.8 Å². The zero-order valence-corrected chi connectivity index (χ0v) is 10.3. The van der Waals surface area contributed by atoms with Crippen LogP contribution in [-0.2, 0) is 6.42 Å². The topological polar surface area (TPSA) is 59.1 Å². The third-order valence-electron chi connectivity index (χ3n) is 2.36. The number of nitrogen functional groups attached to an aromatic ring is 1. The molecular formula is C12H10Cl2N2O. The van der Waals surface area contributed by atoms with E-state index in [9.17, 15) is 5.11 Å². The molecule has 88 valence electrons. The molecule has 5 heteroatoms. The number of pyridine rings is 1. The van der Waals surface area contributed by atoms with Gasteiger partial charge >= 0.3 is 0 Å². The van der Waals surface area contributed by atoms with Crippen LogP contribution in [0.3, 0.4) is 0 Å². The van der Waals surface area contributed by atoms with Gasteiger partial charge in [0.2, 0.25) is 0 Å². The van der Waals surface area contributed by atoms with Crippen molar-refractivity contribution >= 4 is 29.0 Å². The Balaban J connectivity index is 2.30. The third-order valence-corrected chi connectivity index (χ3v) is 3.09. The predicted octanol–water partition coefficient (Wildman–Crippen LogP) is 3.27. The Morgan fingerprint density at radius 2 is 1.88 bits per heavy atom. The fraction of sp³-hybridized carbons (Fsp3) is 0.0833. The lowest BCUT2D eigenvalue weighted by Crippen LogP contribution is -1.93. The minimum absolute atomic E-state index is 0.122. The maximum Gasteiger partial charge on any atom is 0.123 e. The largest absolute Gasteiger partial charge is 0.508 e. The second-order valence-corrected chi connectivity index (χ2v) is 4.48. The van der Waals surface area contributed by atoms with Crippen molar-refractivity contribution in [2.75, 3.05) is 5.73 Å². The number of aromatic nitrogens is 1. The molecule has 0 saturated carbocycles. The predicted molar refractivity (Wildman–Crippen MR) is 69.6 cm³/mol. The highest BCUT2D eigenvalue weighted by Gasteiger charge is 2.07. The fourth-order valence-corrected chi connectivity index (χ4v) is 1.82. The summed E-state index contributed by atoms with van der Waals surface area (Å²) in [5.74, 6) is 0.586. The molecule has 0 unspecified atom stereocenters. The highest BCUT2D eigenvalue weighted by Crippen LogP contribution is 2.31. The number of benzene rings is 1. The van der Waals surface area contributed by atoms with E-state index in [-0.39, 0.29) is 5.75 Å². The number of nitrogens with zero attached hydrogens (tertiary/aromatic N) is 1. The molecule has 0 bridgehead atoms. The van der Waals surface area contributed by atoms with Crippen LogP contribution in [0.25, 0.3) is 0 Å². The Morgan fingerprint density at radius 1 is 1.18 bits per heavy atom. The standard InChI is InChI=1S/C12H10Cl2N2O/c13-9-4-8(11(17)5-10(9)14)3-7-1-2-12(15)16-6-7/h1-2,4-6,17H,3H2,(H2,15,16). The molecule has 0 aliphatic carbocycles. The van der Waals surface area contributed by atoms with Crippen LogP contribution in [0.1, 0.15) is 11.1 Å². The number of hydrogen-bond acceptors (Lipinski definition) is 3. The molecule has 2 rings (SSSR count).